The molecule has 5 nitrogen and oxygen atoms in total. The predicted octanol–water partition coefficient (Wildman–Crippen LogP) is 4.25. The van der Waals surface area contributed by atoms with E-state index in [1.807, 2.05) is 56.3 Å². The molecule has 0 aliphatic heterocycles. The fourth-order valence-corrected chi connectivity index (χ4v) is 3.46. The average molecular weight is 386 g/mol. The third-order valence-electron chi connectivity index (χ3n) is 5.22. The highest BCUT2D eigenvalue weighted by Crippen LogP contribution is 2.38. The number of aliphatic hydroxyl groups excluding tert-OH is 1. The number of aliphatic hydroxyl groups is 1. The minimum Gasteiger partial charge on any atom is -0.463 e. The first kappa shape index (κ1) is 21.9. The van der Waals surface area contributed by atoms with Crippen LogP contribution in [0.3, 0.4) is 0 Å². The molecule has 0 aliphatic rings. The molecule has 0 bridgehead atoms. The zero-order chi connectivity index (χ0) is 20.8. The van der Waals surface area contributed by atoms with Gasteiger partial charge < -0.3 is 14.6 Å². The van der Waals surface area contributed by atoms with Crippen molar-refractivity contribution in [2.24, 2.45) is 10.8 Å². The Balaban J connectivity index is 2.10. The summed E-state index contributed by atoms with van der Waals surface area (Å²) >= 11 is 0. The number of hydrogen-bond donors (Lipinski definition) is 1. The van der Waals surface area contributed by atoms with Gasteiger partial charge in [-0.05, 0) is 49.9 Å². The molecule has 1 N–H and O–H groups in total. The Morgan fingerprint density at radius 1 is 0.964 bits per heavy atom. The number of carbonyl (C=O) groups is 2. The summed E-state index contributed by atoms with van der Waals surface area (Å²) in [5, 5.41) is 11.0. The molecule has 0 amide bonds. The monoisotopic (exact) mass is 386 g/mol. The van der Waals surface area contributed by atoms with Crippen LogP contribution in [-0.4, -0.2) is 30.3 Å². The van der Waals surface area contributed by atoms with Crippen LogP contribution >= 0.6 is 0 Å². The van der Waals surface area contributed by atoms with Crippen LogP contribution in [0.2, 0.25) is 0 Å². The highest BCUT2D eigenvalue weighted by molar-refractivity contribution is 5.86. The molecule has 2 aromatic rings. The highest BCUT2D eigenvalue weighted by atomic mass is 16.5. The van der Waals surface area contributed by atoms with Crippen LogP contribution in [0, 0.1) is 10.8 Å². The number of hydrogen-bond acceptors (Lipinski definition) is 5. The van der Waals surface area contributed by atoms with Gasteiger partial charge in [0.25, 0.3) is 0 Å². The number of carbonyl (C=O) groups excluding carboxylic acids is 2. The Morgan fingerprint density at radius 3 is 2.32 bits per heavy atom. The molecule has 0 radical (unpaired) electrons. The van der Waals surface area contributed by atoms with Crippen molar-refractivity contribution in [3.63, 3.8) is 0 Å². The van der Waals surface area contributed by atoms with E-state index < -0.39 is 16.8 Å². The Morgan fingerprint density at radius 2 is 1.64 bits per heavy atom. The number of rotatable bonds is 9. The van der Waals surface area contributed by atoms with Crippen LogP contribution < -0.4 is 0 Å². The van der Waals surface area contributed by atoms with Crippen LogP contribution in [0.15, 0.2) is 42.5 Å². The van der Waals surface area contributed by atoms with Crippen molar-refractivity contribution in [2.75, 3.05) is 13.2 Å². The molecule has 0 heterocycles. The summed E-state index contributed by atoms with van der Waals surface area (Å²) in [7, 11) is 0. The van der Waals surface area contributed by atoms with E-state index in [0.29, 0.717) is 12.8 Å². The van der Waals surface area contributed by atoms with Crippen molar-refractivity contribution in [1.29, 1.82) is 0 Å². The molecule has 0 spiro atoms. The quantitative estimate of drug-likeness (QED) is 0.652. The SMILES string of the molecule is CCC(C)(CC(C)(C)C(=O)OCCO)C(=O)OCc1cccc2ccccc12. The molecule has 1 atom stereocenters. The largest absolute Gasteiger partial charge is 0.463 e. The van der Waals surface area contributed by atoms with Crippen molar-refractivity contribution in [2.45, 2.75) is 47.1 Å². The number of ether oxygens (including phenoxy) is 2. The first-order chi connectivity index (χ1) is 13.2. The highest BCUT2D eigenvalue weighted by Gasteiger charge is 2.42. The lowest BCUT2D eigenvalue weighted by Crippen LogP contribution is -2.38. The summed E-state index contributed by atoms with van der Waals surface area (Å²) in [6, 6.07) is 13.9. The lowest BCUT2D eigenvalue weighted by molar-refractivity contribution is -0.164. The van der Waals surface area contributed by atoms with E-state index in [1.165, 1.54) is 0 Å². The molecular formula is C23H30O5. The van der Waals surface area contributed by atoms with Crippen molar-refractivity contribution in [1.82, 2.24) is 0 Å². The molecule has 0 saturated heterocycles. The van der Waals surface area contributed by atoms with E-state index in [4.69, 9.17) is 14.6 Å². The molecular weight excluding hydrogens is 356 g/mol. The molecule has 0 aliphatic carbocycles. The van der Waals surface area contributed by atoms with Crippen molar-refractivity contribution in [3.8, 4) is 0 Å². The van der Waals surface area contributed by atoms with E-state index in [-0.39, 0.29) is 25.8 Å². The van der Waals surface area contributed by atoms with E-state index in [1.54, 1.807) is 13.8 Å². The zero-order valence-corrected chi connectivity index (χ0v) is 17.2. The molecule has 152 valence electrons. The van der Waals surface area contributed by atoms with Gasteiger partial charge in [0.15, 0.2) is 0 Å². The topological polar surface area (TPSA) is 72.8 Å². The smallest absolute Gasteiger partial charge is 0.312 e. The molecule has 2 rings (SSSR count). The molecule has 0 aromatic heterocycles. The Labute approximate surface area is 166 Å². The second-order valence-electron chi connectivity index (χ2n) is 8.05. The van der Waals surface area contributed by atoms with Gasteiger partial charge in [-0.3, -0.25) is 9.59 Å². The van der Waals surface area contributed by atoms with Crippen molar-refractivity contribution in [3.05, 3.63) is 48.0 Å². The lowest BCUT2D eigenvalue weighted by Gasteiger charge is -2.33. The van der Waals surface area contributed by atoms with Crippen LogP contribution in [-0.2, 0) is 25.7 Å². The standard InChI is InChI=1S/C23H30O5/c1-5-23(4,16-22(2,3)20(25)27-14-13-24)21(26)28-15-18-11-8-10-17-9-6-7-12-19(17)18/h6-12,24H,5,13-16H2,1-4H3. The van der Waals surface area contributed by atoms with Crippen molar-refractivity contribution >= 4 is 22.7 Å². The summed E-state index contributed by atoms with van der Waals surface area (Å²) in [4.78, 5) is 25.2. The van der Waals surface area contributed by atoms with Crippen LogP contribution in [0.25, 0.3) is 10.8 Å². The zero-order valence-electron chi connectivity index (χ0n) is 17.2. The average Bonchev–Trinajstić information content (AvgIpc) is 2.69. The van der Waals surface area contributed by atoms with Gasteiger partial charge in [0.1, 0.15) is 13.2 Å². The number of esters is 2. The van der Waals surface area contributed by atoms with Gasteiger partial charge in [-0.2, -0.15) is 0 Å². The Kier molecular flexibility index (Phi) is 7.19. The third-order valence-corrected chi connectivity index (χ3v) is 5.22. The summed E-state index contributed by atoms with van der Waals surface area (Å²) in [5.41, 5.74) is -0.725. The maximum Gasteiger partial charge on any atom is 0.312 e. The number of benzene rings is 2. The van der Waals surface area contributed by atoms with Gasteiger partial charge in [-0.1, -0.05) is 49.4 Å². The fraction of sp³-hybridized carbons (Fsp3) is 0.478. The minimum atomic E-state index is -0.863. The number of fused-ring (bicyclic) bond motifs is 1. The van der Waals surface area contributed by atoms with Crippen molar-refractivity contribution < 1.29 is 24.2 Å². The summed E-state index contributed by atoms with van der Waals surface area (Å²) in [6.45, 7) is 7.15. The molecule has 0 saturated carbocycles. The van der Waals surface area contributed by atoms with E-state index >= 15 is 0 Å². The van der Waals surface area contributed by atoms with Crippen LogP contribution in [0.4, 0.5) is 0 Å². The van der Waals surface area contributed by atoms with Gasteiger partial charge in [0.05, 0.1) is 17.4 Å². The lowest BCUT2D eigenvalue weighted by atomic mass is 9.72. The molecule has 1 unspecified atom stereocenters. The summed E-state index contributed by atoms with van der Waals surface area (Å²) in [5.74, 6) is -0.756. The molecule has 2 aromatic carbocycles. The predicted molar refractivity (Wildman–Crippen MR) is 109 cm³/mol. The van der Waals surface area contributed by atoms with Gasteiger partial charge in [-0.15, -0.1) is 0 Å². The van der Waals surface area contributed by atoms with Gasteiger partial charge in [0.2, 0.25) is 0 Å². The maximum absolute atomic E-state index is 12.9. The van der Waals surface area contributed by atoms with E-state index in [2.05, 4.69) is 0 Å². The van der Waals surface area contributed by atoms with Gasteiger partial charge in [-0.25, -0.2) is 0 Å². The fourth-order valence-electron chi connectivity index (χ4n) is 3.46. The Hall–Kier alpha value is -2.40. The molecule has 28 heavy (non-hydrogen) atoms. The van der Waals surface area contributed by atoms with Crippen LogP contribution in [0.1, 0.15) is 46.1 Å². The van der Waals surface area contributed by atoms with E-state index in [9.17, 15) is 9.59 Å². The van der Waals surface area contributed by atoms with Crippen LogP contribution in [0.5, 0.6) is 0 Å². The van der Waals surface area contributed by atoms with E-state index in [0.717, 1.165) is 16.3 Å². The third kappa shape index (κ3) is 5.10. The second kappa shape index (κ2) is 9.20. The minimum absolute atomic E-state index is 0.0450. The maximum atomic E-state index is 12.9. The van der Waals surface area contributed by atoms with Gasteiger partial charge >= 0.3 is 11.9 Å². The normalized spacial score (nSPS) is 13.8. The molecule has 5 heteroatoms. The summed E-state index contributed by atoms with van der Waals surface area (Å²) < 4.78 is 10.7. The first-order valence-corrected chi connectivity index (χ1v) is 9.65. The second-order valence-corrected chi connectivity index (χ2v) is 8.05. The first-order valence-electron chi connectivity index (χ1n) is 9.65. The Bertz CT molecular complexity index is 821. The summed E-state index contributed by atoms with van der Waals surface area (Å²) in [6.07, 6.45) is 0.840. The molecule has 0 fully saturated rings. The van der Waals surface area contributed by atoms with Gasteiger partial charge in [0, 0.05) is 0 Å².